The van der Waals surface area contributed by atoms with Gasteiger partial charge in [0.15, 0.2) is 0 Å². The number of benzene rings is 2. The van der Waals surface area contributed by atoms with Gasteiger partial charge in [-0.1, -0.05) is 67.1 Å². The van der Waals surface area contributed by atoms with E-state index >= 15 is 0 Å². The number of ether oxygens (including phenoxy) is 1. The third-order valence-electron chi connectivity index (χ3n) is 4.55. The molecular formula is C19H22O. The third-order valence-corrected chi connectivity index (χ3v) is 4.55. The maximum absolute atomic E-state index is 5.75. The fourth-order valence-corrected chi connectivity index (χ4v) is 3.64. The fraction of sp³-hybridized carbons (Fsp3) is 0.368. The maximum atomic E-state index is 5.75. The molecule has 1 fully saturated rings. The van der Waals surface area contributed by atoms with Crippen molar-refractivity contribution in [1.82, 2.24) is 0 Å². The van der Waals surface area contributed by atoms with Gasteiger partial charge >= 0.3 is 0 Å². The van der Waals surface area contributed by atoms with E-state index in [1.807, 2.05) is 7.11 Å². The zero-order valence-electron chi connectivity index (χ0n) is 12.0. The van der Waals surface area contributed by atoms with Gasteiger partial charge in [0.2, 0.25) is 0 Å². The molecule has 0 heterocycles. The number of hydrogen-bond donors (Lipinski definition) is 0. The molecule has 1 nitrogen and oxygen atoms in total. The first-order valence-corrected chi connectivity index (χ1v) is 7.53. The molecule has 0 aromatic heterocycles. The van der Waals surface area contributed by atoms with Crippen LogP contribution in [0.2, 0.25) is 0 Å². The molecule has 2 aromatic rings. The van der Waals surface area contributed by atoms with Crippen LogP contribution in [0.5, 0.6) is 0 Å². The van der Waals surface area contributed by atoms with E-state index in [0.717, 1.165) is 0 Å². The van der Waals surface area contributed by atoms with Crippen molar-refractivity contribution in [3.63, 3.8) is 0 Å². The normalized spacial score (nSPS) is 22.3. The summed E-state index contributed by atoms with van der Waals surface area (Å²) in [5.74, 6) is 1.04. The summed E-state index contributed by atoms with van der Waals surface area (Å²) in [6.07, 6.45) is 4.12. The standard InChI is InChI=1S/C19H22O/c1-20-18-14-8-13-17(18)19(15-9-4-2-5-10-15)16-11-6-3-7-12-16/h2-7,9-12,17-19H,8,13-14H2,1H3/t17-,18-/m1/s1. The summed E-state index contributed by atoms with van der Waals surface area (Å²) < 4.78 is 5.75. The first-order valence-electron chi connectivity index (χ1n) is 7.53. The molecule has 20 heavy (non-hydrogen) atoms. The quantitative estimate of drug-likeness (QED) is 0.783. The lowest BCUT2D eigenvalue weighted by Gasteiger charge is -2.29. The second-order valence-corrected chi connectivity index (χ2v) is 5.67. The Bertz CT molecular complexity index is 480. The minimum atomic E-state index is 0.389. The van der Waals surface area contributed by atoms with Crippen LogP contribution in [0.1, 0.15) is 36.3 Å². The van der Waals surface area contributed by atoms with Crippen LogP contribution in [0.3, 0.4) is 0 Å². The Balaban J connectivity index is 2.00. The predicted molar refractivity (Wildman–Crippen MR) is 82.9 cm³/mol. The molecule has 0 bridgehead atoms. The van der Waals surface area contributed by atoms with Crippen molar-refractivity contribution >= 4 is 0 Å². The summed E-state index contributed by atoms with van der Waals surface area (Å²) >= 11 is 0. The van der Waals surface area contributed by atoms with Crippen molar-refractivity contribution in [3.05, 3.63) is 71.8 Å². The lowest BCUT2D eigenvalue weighted by Crippen LogP contribution is -2.24. The van der Waals surface area contributed by atoms with Gasteiger partial charge in [0.1, 0.15) is 0 Å². The van der Waals surface area contributed by atoms with Gasteiger partial charge in [-0.25, -0.2) is 0 Å². The Morgan fingerprint density at radius 3 is 1.90 bits per heavy atom. The van der Waals surface area contributed by atoms with E-state index in [4.69, 9.17) is 4.74 Å². The fourth-order valence-electron chi connectivity index (χ4n) is 3.64. The summed E-state index contributed by atoms with van der Waals surface area (Å²) in [5.41, 5.74) is 2.82. The van der Waals surface area contributed by atoms with Gasteiger partial charge in [-0.2, -0.15) is 0 Å². The van der Waals surface area contributed by atoms with Crippen LogP contribution < -0.4 is 0 Å². The summed E-state index contributed by atoms with van der Waals surface area (Å²) in [4.78, 5) is 0. The Morgan fingerprint density at radius 1 is 0.850 bits per heavy atom. The molecule has 0 aliphatic heterocycles. The molecule has 2 aromatic carbocycles. The first kappa shape index (κ1) is 13.4. The van der Waals surface area contributed by atoms with Crippen molar-refractivity contribution in [2.24, 2.45) is 5.92 Å². The SMILES string of the molecule is CO[C@@H]1CCC[C@H]1C(c1ccccc1)c1ccccc1. The predicted octanol–water partition coefficient (Wildman–Crippen LogP) is 4.63. The molecule has 0 N–H and O–H groups in total. The van der Waals surface area contributed by atoms with Gasteiger partial charge in [0, 0.05) is 13.0 Å². The number of rotatable bonds is 4. The van der Waals surface area contributed by atoms with Crippen LogP contribution in [0.4, 0.5) is 0 Å². The Labute approximate surface area is 121 Å². The average Bonchev–Trinajstić information content (AvgIpc) is 2.98. The monoisotopic (exact) mass is 266 g/mol. The molecule has 0 unspecified atom stereocenters. The van der Waals surface area contributed by atoms with E-state index in [2.05, 4.69) is 60.7 Å². The van der Waals surface area contributed by atoms with E-state index < -0.39 is 0 Å². The van der Waals surface area contributed by atoms with Crippen molar-refractivity contribution in [1.29, 1.82) is 0 Å². The molecule has 0 spiro atoms. The largest absolute Gasteiger partial charge is 0.381 e. The van der Waals surface area contributed by atoms with E-state index in [0.29, 0.717) is 17.9 Å². The smallest absolute Gasteiger partial charge is 0.0608 e. The topological polar surface area (TPSA) is 9.23 Å². The van der Waals surface area contributed by atoms with Crippen LogP contribution in [-0.4, -0.2) is 13.2 Å². The van der Waals surface area contributed by atoms with Crippen LogP contribution in [0.25, 0.3) is 0 Å². The first-order chi connectivity index (χ1) is 9.90. The van der Waals surface area contributed by atoms with Gasteiger partial charge in [-0.15, -0.1) is 0 Å². The number of methoxy groups -OCH3 is 1. The summed E-state index contributed by atoms with van der Waals surface area (Å²) in [7, 11) is 1.86. The minimum absolute atomic E-state index is 0.389. The molecule has 0 radical (unpaired) electrons. The van der Waals surface area contributed by atoms with Crippen molar-refractivity contribution in [2.75, 3.05) is 7.11 Å². The van der Waals surface area contributed by atoms with Crippen LogP contribution >= 0.6 is 0 Å². The molecular weight excluding hydrogens is 244 g/mol. The van der Waals surface area contributed by atoms with Crippen LogP contribution in [-0.2, 0) is 4.74 Å². The highest BCUT2D eigenvalue weighted by Gasteiger charge is 2.35. The second kappa shape index (κ2) is 6.23. The summed E-state index contributed by atoms with van der Waals surface area (Å²) in [6, 6.07) is 21.8. The lowest BCUT2D eigenvalue weighted by atomic mass is 9.79. The number of hydrogen-bond acceptors (Lipinski definition) is 1. The lowest BCUT2D eigenvalue weighted by molar-refractivity contribution is 0.0653. The molecule has 1 heteroatoms. The van der Waals surface area contributed by atoms with E-state index in [9.17, 15) is 0 Å². The molecule has 0 amide bonds. The molecule has 1 aliphatic rings. The van der Waals surface area contributed by atoms with Gasteiger partial charge in [-0.05, 0) is 29.9 Å². The van der Waals surface area contributed by atoms with Gasteiger partial charge in [0.05, 0.1) is 6.10 Å². The highest BCUT2D eigenvalue weighted by atomic mass is 16.5. The van der Waals surface area contributed by atoms with E-state index in [-0.39, 0.29) is 0 Å². The molecule has 3 rings (SSSR count). The van der Waals surface area contributed by atoms with Crippen LogP contribution in [0, 0.1) is 5.92 Å². The minimum Gasteiger partial charge on any atom is -0.381 e. The van der Waals surface area contributed by atoms with Crippen molar-refractivity contribution < 1.29 is 4.74 Å². The molecule has 104 valence electrons. The van der Waals surface area contributed by atoms with Gasteiger partial charge < -0.3 is 4.74 Å². The zero-order chi connectivity index (χ0) is 13.8. The molecule has 1 aliphatic carbocycles. The highest BCUT2D eigenvalue weighted by Crippen LogP contribution is 2.42. The third kappa shape index (κ3) is 2.64. The Hall–Kier alpha value is -1.60. The second-order valence-electron chi connectivity index (χ2n) is 5.67. The van der Waals surface area contributed by atoms with E-state index in [1.54, 1.807) is 0 Å². The molecule has 0 saturated heterocycles. The maximum Gasteiger partial charge on any atom is 0.0608 e. The van der Waals surface area contributed by atoms with Gasteiger partial charge in [-0.3, -0.25) is 0 Å². The van der Waals surface area contributed by atoms with Crippen LogP contribution in [0.15, 0.2) is 60.7 Å². The van der Waals surface area contributed by atoms with E-state index in [1.165, 1.54) is 30.4 Å². The van der Waals surface area contributed by atoms with Crippen molar-refractivity contribution in [2.45, 2.75) is 31.3 Å². The average molecular weight is 266 g/mol. The Kier molecular flexibility index (Phi) is 4.17. The summed E-state index contributed by atoms with van der Waals surface area (Å²) in [5, 5.41) is 0. The molecule has 1 saturated carbocycles. The van der Waals surface area contributed by atoms with Gasteiger partial charge in [0.25, 0.3) is 0 Å². The zero-order valence-corrected chi connectivity index (χ0v) is 12.0. The highest BCUT2D eigenvalue weighted by molar-refractivity contribution is 5.34. The summed E-state index contributed by atoms with van der Waals surface area (Å²) in [6.45, 7) is 0. The Morgan fingerprint density at radius 2 is 1.40 bits per heavy atom. The van der Waals surface area contributed by atoms with Crippen molar-refractivity contribution in [3.8, 4) is 0 Å². The molecule has 2 atom stereocenters.